The molecule has 1 aromatic heterocycles. The number of nitrogens with zero attached hydrogens (tertiary/aromatic N) is 3. The van der Waals surface area contributed by atoms with Gasteiger partial charge in [-0.15, -0.1) is 11.3 Å². The summed E-state index contributed by atoms with van der Waals surface area (Å²) < 4.78 is 49.3. The van der Waals surface area contributed by atoms with E-state index in [1.165, 1.54) is 29.0 Å². The van der Waals surface area contributed by atoms with Gasteiger partial charge in [-0.1, -0.05) is 54.9 Å². The highest BCUT2D eigenvalue weighted by Gasteiger charge is 2.36. The molecule has 0 spiro atoms. The summed E-state index contributed by atoms with van der Waals surface area (Å²) in [5, 5.41) is 0.828. The fourth-order valence-electron chi connectivity index (χ4n) is 6.08. The lowest BCUT2D eigenvalue weighted by Gasteiger charge is -2.31. The topological polar surface area (TPSA) is 62.7 Å². The number of anilines is 1. The smallest absolute Gasteiger partial charge is 0.190 e. The molecule has 2 heterocycles. The number of aromatic nitrogens is 1. The van der Waals surface area contributed by atoms with Gasteiger partial charge in [-0.05, 0) is 61.1 Å². The van der Waals surface area contributed by atoms with Crippen molar-refractivity contribution in [2.24, 2.45) is 0 Å². The highest BCUT2D eigenvalue weighted by Crippen LogP contribution is 2.39. The highest BCUT2D eigenvalue weighted by molar-refractivity contribution is 7.91. The van der Waals surface area contributed by atoms with E-state index in [0.717, 1.165) is 37.1 Å². The fraction of sp³-hybridized carbons (Fsp3) is 0.364. The Balaban J connectivity index is 1.41. The molecule has 0 N–H and O–H groups in total. The summed E-state index contributed by atoms with van der Waals surface area (Å²) in [6.07, 6.45) is 2.02. The fourth-order valence-corrected chi connectivity index (χ4v) is 8.90. The number of likely N-dealkylation sites (N-methyl/N-ethyl adjacent to an activating group) is 1. The molecule has 0 radical (unpaired) electrons. The number of rotatable bonds is 11. The summed E-state index contributed by atoms with van der Waals surface area (Å²) in [5.41, 5.74) is 5.43. The van der Waals surface area contributed by atoms with Crippen LogP contribution in [-0.4, -0.2) is 51.6 Å². The predicted octanol–water partition coefficient (Wildman–Crippen LogP) is 7.67. The quantitative estimate of drug-likeness (QED) is 0.167. The first-order valence-corrected chi connectivity index (χ1v) is 17.3. The van der Waals surface area contributed by atoms with Crippen LogP contribution in [0.5, 0.6) is 5.75 Å². The van der Waals surface area contributed by atoms with E-state index < -0.39 is 25.8 Å². The molecule has 6 nitrogen and oxygen atoms in total. The Kier molecular flexibility index (Phi) is 9.76. The van der Waals surface area contributed by atoms with E-state index in [9.17, 15) is 8.42 Å². The first kappa shape index (κ1) is 31.4. The number of hydrogen-bond acceptors (Lipinski definition) is 7. The van der Waals surface area contributed by atoms with Crippen molar-refractivity contribution >= 4 is 38.5 Å². The maximum Gasteiger partial charge on any atom is 0.190 e. The minimum absolute atomic E-state index is 0.109. The Morgan fingerprint density at radius 1 is 1.19 bits per heavy atom. The summed E-state index contributed by atoms with van der Waals surface area (Å²) in [4.78, 5) is 8.34. The Labute approximate surface area is 263 Å². The summed E-state index contributed by atoms with van der Waals surface area (Å²) in [6.45, 7) is 5.80. The summed E-state index contributed by atoms with van der Waals surface area (Å²) in [5.74, 6) is -0.133. The average molecular weight is 642 g/mol. The molecule has 5 rings (SSSR count). The summed E-state index contributed by atoms with van der Waals surface area (Å²) in [7, 11) is -0.714. The lowest BCUT2D eigenvalue weighted by Crippen LogP contribution is -2.36. The van der Waals surface area contributed by atoms with Crippen molar-refractivity contribution in [3.05, 3.63) is 105 Å². The molecule has 3 atom stereocenters. The SMILES string of the molecule is CC[C@H](c1ccccc1)N1CC[C@H](N(C)c2cc(F)c(S(=O)(=O)C(Cc3ccc(OC)cc3C)c3cscn3)cc2Cl)C1. The van der Waals surface area contributed by atoms with Gasteiger partial charge >= 0.3 is 0 Å². The van der Waals surface area contributed by atoms with Crippen LogP contribution in [0.3, 0.4) is 0 Å². The zero-order valence-electron chi connectivity index (χ0n) is 24.8. The van der Waals surface area contributed by atoms with Gasteiger partial charge in [-0.3, -0.25) is 4.90 Å². The van der Waals surface area contributed by atoms with E-state index >= 15 is 4.39 Å². The molecule has 1 aliphatic heterocycles. The van der Waals surface area contributed by atoms with Crippen molar-refractivity contribution in [3.63, 3.8) is 0 Å². The van der Waals surface area contributed by atoms with Crippen LogP contribution in [0.1, 0.15) is 53.4 Å². The Morgan fingerprint density at radius 3 is 2.60 bits per heavy atom. The third kappa shape index (κ3) is 6.60. The first-order chi connectivity index (χ1) is 20.6. The Morgan fingerprint density at radius 2 is 1.95 bits per heavy atom. The van der Waals surface area contributed by atoms with Gasteiger partial charge in [-0.2, -0.15) is 0 Å². The monoisotopic (exact) mass is 641 g/mol. The maximum atomic E-state index is 15.9. The third-order valence-corrected chi connectivity index (χ3v) is 11.5. The highest BCUT2D eigenvalue weighted by atomic mass is 35.5. The molecule has 3 aromatic carbocycles. The third-order valence-electron chi connectivity index (χ3n) is 8.55. The lowest BCUT2D eigenvalue weighted by molar-refractivity contribution is 0.236. The van der Waals surface area contributed by atoms with Gasteiger partial charge in [0.1, 0.15) is 21.7 Å². The molecule has 43 heavy (non-hydrogen) atoms. The van der Waals surface area contributed by atoms with Crippen LogP contribution >= 0.6 is 22.9 Å². The minimum Gasteiger partial charge on any atom is -0.497 e. The van der Waals surface area contributed by atoms with Crippen molar-refractivity contribution in [3.8, 4) is 5.75 Å². The predicted molar refractivity (Wildman–Crippen MR) is 173 cm³/mol. The number of benzene rings is 3. The molecule has 0 bridgehead atoms. The van der Waals surface area contributed by atoms with Crippen molar-refractivity contribution in [1.29, 1.82) is 0 Å². The number of aryl methyl sites for hydroxylation is 1. The number of hydrogen-bond donors (Lipinski definition) is 0. The van der Waals surface area contributed by atoms with E-state index in [1.807, 2.05) is 37.1 Å². The first-order valence-electron chi connectivity index (χ1n) is 14.4. The second-order valence-electron chi connectivity index (χ2n) is 11.1. The van der Waals surface area contributed by atoms with Crippen molar-refractivity contribution < 1.29 is 17.5 Å². The normalized spacial score (nSPS) is 17.1. The Hall–Kier alpha value is -2.98. The number of likely N-dealkylation sites (tertiary alicyclic amines) is 1. The second-order valence-corrected chi connectivity index (χ2v) is 14.3. The minimum atomic E-state index is -4.20. The van der Waals surface area contributed by atoms with Crippen LogP contribution in [0.2, 0.25) is 5.02 Å². The van der Waals surface area contributed by atoms with Crippen molar-refractivity contribution in [2.75, 3.05) is 32.1 Å². The molecule has 4 aromatic rings. The lowest BCUT2D eigenvalue weighted by atomic mass is 10.0. The standard InChI is InChI=1S/C33H37ClFN3O3S2/c1-5-30(23-9-7-6-8-10-23)38-14-13-25(19-38)37(3)31-18-28(35)32(17-27(31)34)43(39,40)33(29-20-42-21-36-29)16-24-11-12-26(41-4)15-22(24)2/h6-12,15,17-18,20-21,25,30,33H,5,13-14,16,19H2,1-4H3/t25-,30+,33?/m0/s1. The van der Waals surface area contributed by atoms with Crippen molar-refractivity contribution in [2.45, 2.75) is 55.3 Å². The van der Waals surface area contributed by atoms with E-state index in [1.54, 1.807) is 24.1 Å². The molecule has 1 saturated heterocycles. The number of thiazole rings is 1. The van der Waals surface area contributed by atoms with E-state index in [2.05, 4.69) is 41.1 Å². The van der Waals surface area contributed by atoms with Crippen LogP contribution in [0, 0.1) is 12.7 Å². The molecule has 1 fully saturated rings. The van der Waals surface area contributed by atoms with Gasteiger partial charge in [0.25, 0.3) is 0 Å². The summed E-state index contributed by atoms with van der Waals surface area (Å²) >= 11 is 8.04. The molecule has 0 amide bonds. The van der Waals surface area contributed by atoms with Gasteiger partial charge in [0.2, 0.25) is 0 Å². The van der Waals surface area contributed by atoms with Gasteiger partial charge in [0.15, 0.2) is 9.84 Å². The van der Waals surface area contributed by atoms with Gasteiger partial charge in [0, 0.05) is 43.7 Å². The van der Waals surface area contributed by atoms with Crippen LogP contribution in [0.15, 0.2) is 76.4 Å². The number of sulfone groups is 1. The average Bonchev–Trinajstić information content (AvgIpc) is 3.71. The zero-order valence-corrected chi connectivity index (χ0v) is 27.2. The van der Waals surface area contributed by atoms with Crippen LogP contribution in [-0.2, 0) is 16.3 Å². The second kappa shape index (κ2) is 13.3. The maximum absolute atomic E-state index is 15.9. The van der Waals surface area contributed by atoms with Gasteiger partial charge in [-0.25, -0.2) is 17.8 Å². The van der Waals surface area contributed by atoms with Crippen molar-refractivity contribution in [1.82, 2.24) is 9.88 Å². The molecule has 0 saturated carbocycles. The van der Waals surface area contributed by atoms with Gasteiger partial charge < -0.3 is 9.64 Å². The van der Waals surface area contributed by atoms with E-state index in [-0.39, 0.29) is 17.5 Å². The molecular weight excluding hydrogens is 605 g/mol. The number of methoxy groups -OCH3 is 1. The van der Waals surface area contributed by atoms with E-state index in [4.69, 9.17) is 16.3 Å². The van der Waals surface area contributed by atoms with Gasteiger partial charge in [0.05, 0.1) is 29.0 Å². The zero-order chi connectivity index (χ0) is 30.7. The van der Waals surface area contributed by atoms with Crippen LogP contribution < -0.4 is 9.64 Å². The largest absolute Gasteiger partial charge is 0.497 e. The Bertz CT molecular complexity index is 1650. The molecule has 1 aliphatic rings. The van der Waals surface area contributed by atoms with Crippen LogP contribution in [0.4, 0.5) is 10.1 Å². The molecule has 0 aliphatic carbocycles. The van der Waals surface area contributed by atoms with E-state index in [0.29, 0.717) is 23.2 Å². The number of ether oxygens (including phenoxy) is 1. The molecule has 1 unspecified atom stereocenters. The number of halogens is 2. The van der Waals surface area contributed by atoms with Crippen LogP contribution in [0.25, 0.3) is 0 Å². The molecular formula is C33H37ClFN3O3S2. The summed E-state index contributed by atoms with van der Waals surface area (Å²) in [6, 6.07) is 18.9. The molecule has 10 heteroatoms. The molecule has 228 valence electrons.